The molecule has 1 aromatic rings. The molecule has 1 aromatic carbocycles. The van der Waals surface area contributed by atoms with E-state index in [1.165, 1.54) is 18.4 Å². The van der Waals surface area contributed by atoms with Gasteiger partial charge in [0, 0.05) is 13.0 Å². The van der Waals surface area contributed by atoms with E-state index in [-0.39, 0.29) is 5.91 Å². The van der Waals surface area contributed by atoms with Crippen molar-refractivity contribution < 1.29 is 4.79 Å². The Bertz CT molecular complexity index is 330. The summed E-state index contributed by atoms with van der Waals surface area (Å²) < 4.78 is 0. The van der Waals surface area contributed by atoms with Crippen molar-refractivity contribution in [1.82, 2.24) is 5.32 Å². The number of carbonyl (C=O) groups is 1. The van der Waals surface area contributed by atoms with Gasteiger partial charge in [-0.15, -0.1) is 0 Å². The highest BCUT2D eigenvalue weighted by molar-refractivity contribution is 5.73. The number of hydrogen-bond donors (Lipinski definition) is 1. The van der Waals surface area contributed by atoms with Gasteiger partial charge in [-0.05, 0) is 30.7 Å². The van der Waals surface area contributed by atoms with E-state index in [2.05, 4.69) is 17.4 Å². The maximum Gasteiger partial charge on any atom is 0.217 e. The van der Waals surface area contributed by atoms with Gasteiger partial charge in [-0.1, -0.05) is 30.3 Å². The topological polar surface area (TPSA) is 29.1 Å². The number of amides is 1. The molecule has 1 amide bonds. The van der Waals surface area contributed by atoms with Crippen molar-refractivity contribution >= 4 is 5.91 Å². The largest absolute Gasteiger partial charge is 0.353 e. The molecular formula is C13H17NO. The number of benzene rings is 1. The van der Waals surface area contributed by atoms with Crippen LogP contribution in [0.25, 0.3) is 0 Å². The van der Waals surface area contributed by atoms with Gasteiger partial charge in [-0.3, -0.25) is 4.79 Å². The van der Waals surface area contributed by atoms with Crippen molar-refractivity contribution in [2.75, 3.05) is 0 Å². The van der Waals surface area contributed by atoms with Gasteiger partial charge in [0.15, 0.2) is 0 Å². The molecule has 15 heavy (non-hydrogen) atoms. The molecule has 80 valence electrons. The first-order valence-corrected chi connectivity index (χ1v) is 5.57. The molecule has 0 saturated heterocycles. The van der Waals surface area contributed by atoms with E-state index in [0.29, 0.717) is 12.0 Å². The first-order valence-electron chi connectivity index (χ1n) is 5.57. The van der Waals surface area contributed by atoms with Crippen LogP contribution in [0.5, 0.6) is 0 Å². The molecule has 0 spiro atoms. The first-order chi connectivity index (χ1) is 7.25. The Morgan fingerprint density at radius 2 is 2.07 bits per heavy atom. The Balaban J connectivity index is 1.97. The lowest BCUT2D eigenvalue weighted by atomic mass is 10.0. The van der Waals surface area contributed by atoms with Gasteiger partial charge in [0.05, 0.1) is 0 Å². The van der Waals surface area contributed by atoms with Crippen molar-refractivity contribution in [3.8, 4) is 0 Å². The lowest BCUT2D eigenvalue weighted by Gasteiger charge is -2.17. The molecule has 1 saturated carbocycles. The maximum atomic E-state index is 11.1. The Kier molecular flexibility index (Phi) is 3.05. The number of nitrogens with one attached hydrogen (secondary N) is 1. The van der Waals surface area contributed by atoms with Gasteiger partial charge >= 0.3 is 0 Å². The Hall–Kier alpha value is -1.31. The zero-order valence-electron chi connectivity index (χ0n) is 9.07. The van der Waals surface area contributed by atoms with Crippen LogP contribution in [0.4, 0.5) is 0 Å². The van der Waals surface area contributed by atoms with E-state index in [9.17, 15) is 4.79 Å². The van der Waals surface area contributed by atoms with Crippen molar-refractivity contribution in [2.24, 2.45) is 5.92 Å². The van der Waals surface area contributed by atoms with Crippen molar-refractivity contribution in [1.29, 1.82) is 0 Å². The minimum absolute atomic E-state index is 0.0860. The van der Waals surface area contributed by atoms with Crippen LogP contribution in [-0.2, 0) is 11.2 Å². The summed E-state index contributed by atoms with van der Waals surface area (Å²) in [5.74, 6) is 0.789. The SMILES string of the molecule is CC(=O)NC(Cc1ccccc1)C1CC1. The normalized spacial score (nSPS) is 17.1. The van der Waals surface area contributed by atoms with Gasteiger partial charge in [-0.2, -0.15) is 0 Å². The van der Waals surface area contributed by atoms with E-state index in [4.69, 9.17) is 0 Å². The molecule has 2 heteroatoms. The van der Waals surface area contributed by atoms with Crippen LogP contribution in [0.2, 0.25) is 0 Å². The van der Waals surface area contributed by atoms with E-state index in [0.717, 1.165) is 6.42 Å². The van der Waals surface area contributed by atoms with Crippen LogP contribution in [-0.4, -0.2) is 11.9 Å². The zero-order chi connectivity index (χ0) is 10.7. The smallest absolute Gasteiger partial charge is 0.217 e. The highest BCUT2D eigenvalue weighted by Crippen LogP contribution is 2.34. The van der Waals surface area contributed by atoms with Gasteiger partial charge in [-0.25, -0.2) is 0 Å². The predicted octanol–water partition coefficient (Wildman–Crippen LogP) is 2.14. The minimum atomic E-state index is 0.0860. The number of hydrogen-bond acceptors (Lipinski definition) is 1. The summed E-state index contributed by atoms with van der Waals surface area (Å²) in [6, 6.07) is 10.7. The monoisotopic (exact) mass is 203 g/mol. The Morgan fingerprint density at radius 1 is 1.40 bits per heavy atom. The number of rotatable bonds is 4. The number of carbonyl (C=O) groups excluding carboxylic acids is 1. The Labute approximate surface area is 90.7 Å². The molecule has 2 nitrogen and oxygen atoms in total. The molecule has 0 heterocycles. The molecule has 1 unspecified atom stereocenters. The molecule has 0 aliphatic heterocycles. The standard InChI is InChI=1S/C13H17NO/c1-10(15)14-13(12-7-8-12)9-11-5-3-2-4-6-11/h2-6,12-13H,7-9H2,1H3,(H,14,15). The van der Waals surface area contributed by atoms with Crippen LogP contribution in [0.1, 0.15) is 25.3 Å². The summed E-state index contributed by atoms with van der Waals surface area (Å²) in [6.07, 6.45) is 3.49. The Morgan fingerprint density at radius 3 is 2.60 bits per heavy atom. The second kappa shape index (κ2) is 4.47. The third-order valence-corrected chi connectivity index (χ3v) is 2.88. The summed E-state index contributed by atoms with van der Waals surface area (Å²) in [4.78, 5) is 11.1. The molecule has 1 aliphatic carbocycles. The van der Waals surface area contributed by atoms with Crippen LogP contribution in [0, 0.1) is 5.92 Å². The van der Waals surface area contributed by atoms with Crippen LogP contribution in [0.15, 0.2) is 30.3 Å². The quantitative estimate of drug-likeness (QED) is 0.798. The van der Waals surface area contributed by atoms with Crippen LogP contribution >= 0.6 is 0 Å². The van der Waals surface area contributed by atoms with Gasteiger partial charge in [0.1, 0.15) is 0 Å². The minimum Gasteiger partial charge on any atom is -0.353 e. The zero-order valence-corrected chi connectivity index (χ0v) is 9.07. The molecule has 0 bridgehead atoms. The average Bonchev–Trinajstić information content (AvgIpc) is 3.01. The molecule has 1 N–H and O–H groups in total. The first kappa shape index (κ1) is 10.2. The third kappa shape index (κ3) is 3.08. The van der Waals surface area contributed by atoms with Gasteiger partial charge in [0.2, 0.25) is 5.91 Å². The molecule has 0 radical (unpaired) electrons. The second-order valence-corrected chi connectivity index (χ2v) is 4.33. The van der Waals surface area contributed by atoms with E-state index < -0.39 is 0 Å². The molecule has 1 aliphatic rings. The van der Waals surface area contributed by atoms with Gasteiger partial charge < -0.3 is 5.32 Å². The highest BCUT2D eigenvalue weighted by atomic mass is 16.1. The van der Waals surface area contributed by atoms with Crippen molar-refractivity contribution in [2.45, 2.75) is 32.2 Å². The van der Waals surface area contributed by atoms with E-state index in [1.54, 1.807) is 6.92 Å². The van der Waals surface area contributed by atoms with Crippen molar-refractivity contribution in [3.63, 3.8) is 0 Å². The molecule has 1 atom stereocenters. The van der Waals surface area contributed by atoms with Crippen LogP contribution < -0.4 is 5.32 Å². The fourth-order valence-electron chi connectivity index (χ4n) is 1.96. The molecular weight excluding hydrogens is 186 g/mol. The van der Waals surface area contributed by atoms with E-state index >= 15 is 0 Å². The lowest BCUT2D eigenvalue weighted by molar-refractivity contribution is -0.119. The lowest BCUT2D eigenvalue weighted by Crippen LogP contribution is -2.36. The fraction of sp³-hybridized carbons (Fsp3) is 0.462. The average molecular weight is 203 g/mol. The summed E-state index contributed by atoms with van der Waals surface area (Å²) >= 11 is 0. The summed E-state index contributed by atoms with van der Waals surface area (Å²) in [5.41, 5.74) is 1.31. The molecule has 0 aromatic heterocycles. The fourth-order valence-corrected chi connectivity index (χ4v) is 1.96. The third-order valence-electron chi connectivity index (χ3n) is 2.88. The van der Waals surface area contributed by atoms with Crippen molar-refractivity contribution in [3.05, 3.63) is 35.9 Å². The predicted molar refractivity (Wildman–Crippen MR) is 60.5 cm³/mol. The summed E-state index contributed by atoms with van der Waals surface area (Å²) in [5, 5.41) is 3.05. The highest BCUT2D eigenvalue weighted by Gasteiger charge is 2.31. The second-order valence-electron chi connectivity index (χ2n) is 4.33. The summed E-state index contributed by atoms with van der Waals surface area (Å²) in [6.45, 7) is 1.60. The molecule has 2 rings (SSSR count). The summed E-state index contributed by atoms with van der Waals surface area (Å²) in [7, 11) is 0. The van der Waals surface area contributed by atoms with E-state index in [1.807, 2.05) is 18.2 Å². The van der Waals surface area contributed by atoms with Gasteiger partial charge in [0.25, 0.3) is 0 Å². The van der Waals surface area contributed by atoms with Crippen LogP contribution in [0.3, 0.4) is 0 Å². The molecule has 1 fully saturated rings. The maximum absolute atomic E-state index is 11.1.